The minimum Gasteiger partial charge on any atom is -0.330 e. The van der Waals surface area contributed by atoms with Gasteiger partial charge in [-0.05, 0) is 82.0 Å². The Bertz CT molecular complexity index is 274. The van der Waals surface area contributed by atoms with Crippen LogP contribution in [-0.2, 0) is 0 Å². The largest absolute Gasteiger partial charge is 0.330 e. The highest BCUT2D eigenvalue weighted by atomic mass is 15.1. The molecule has 0 aromatic rings. The van der Waals surface area contributed by atoms with Gasteiger partial charge in [-0.1, -0.05) is 25.7 Å². The lowest BCUT2D eigenvalue weighted by atomic mass is 9.66. The molecule has 3 fully saturated rings. The van der Waals surface area contributed by atoms with Crippen molar-refractivity contribution in [3.63, 3.8) is 0 Å². The number of rotatable bonds is 4. The van der Waals surface area contributed by atoms with Gasteiger partial charge in [0, 0.05) is 0 Å². The molecular formula is C17H32N2. The van der Waals surface area contributed by atoms with Crippen LogP contribution in [0.2, 0.25) is 0 Å². The van der Waals surface area contributed by atoms with Gasteiger partial charge in [-0.15, -0.1) is 0 Å². The van der Waals surface area contributed by atoms with Crippen molar-refractivity contribution in [3.05, 3.63) is 0 Å². The van der Waals surface area contributed by atoms with Gasteiger partial charge in [0.15, 0.2) is 0 Å². The highest BCUT2D eigenvalue weighted by Gasteiger charge is 2.38. The maximum atomic E-state index is 5.98. The Morgan fingerprint density at radius 3 is 2.00 bits per heavy atom. The van der Waals surface area contributed by atoms with Gasteiger partial charge in [0.25, 0.3) is 0 Å². The Morgan fingerprint density at radius 1 is 0.789 bits per heavy atom. The van der Waals surface area contributed by atoms with E-state index in [-0.39, 0.29) is 0 Å². The highest BCUT2D eigenvalue weighted by molar-refractivity contribution is 4.91. The zero-order chi connectivity index (χ0) is 13.2. The summed E-state index contributed by atoms with van der Waals surface area (Å²) in [5.41, 5.74) is 7.28. The molecule has 2 heteroatoms. The molecule has 0 bridgehead atoms. The molecule has 0 radical (unpaired) electrons. The second-order valence-corrected chi connectivity index (χ2v) is 7.71. The van der Waals surface area contributed by atoms with Crippen LogP contribution in [0.4, 0.5) is 0 Å². The minimum absolute atomic E-state index is 0.542. The van der Waals surface area contributed by atoms with Crippen molar-refractivity contribution in [2.75, 3.05) is 26.2 Å². The number of likely N-dealkylation sites (tertiary alicyclic amines) is 1. The van der Waals surface area contributed by atoms with Gasteiger partial charge in [0.05, 0.1) is 0 Å². The highest BCUT2D eigenvalue weighted by Crippen LogP contribution is 2.46. The van der Waals surface area contributed by atoms with Gasteiger partial charge in [-0.3, -0.25) is 0 Å². The second-order valence-electron chi connectivity index (χ2n) is 7.71. The molecule has 1 saturated heterocycles. The van der Waals surface area contributed by atoms with Crippen molar-refractivity contribution in [2.45, 2.75) is 70.6 Å². The van der Waals surface area contributed by atoms with E-state index in [0.29, 0.717) is 5.41 Å². The molecule has 2 saturated carbocycles. The lowest BCUT2D eigenvalue weighted by molar-refractivity contribution is 0.0476. The van der Waals surface area contributed by atoms with E-state index in [0.717, 1.165) is 12.0 Å². The van der Waals surface area contributed by atoms with E-state index in [9.17, 15) is 0 Å². The molecule has 3 rings (SSSR count). The first-order valence-electron chi connectivity index (χ1n) is 8.69. The molecule has 0 aromatic heterocycles. The Balaban J connectivity index is 1.42. The van der Waals surface area contributed by atoms with Gasteiger partial charge in [0.1, 0.15) is 0 Å². The molecule has 3 aliphatic rings. The summed E-state index contributed by atoms with van der Waals surface area (Å²) in [6.45, 7) is 4.96. The van der Waals surface area contributed by atoms with E-state index in [1.54, 1.807) is 0 Å². The molecule has 110 valence electrons. The number of piperidine rings is 1. The normalized spacial score (nSPS) is 30.2. The summed E-state index contributed by atoms with van der Waals surface area (Å²) >= 11 is 0. The van der Waals surface area contributed by atoms with E-state index in [4.69, 9.17) is 5.73 Å². The van der Waals surface area contributed by atoms with Crippen LogP contribution in [0, 0.1) is 10.8 Å². The summed E-state index contributed by atoms with van der Waals surface area (Å²) in [4.78, 5) is 2.73. The lowest BCUT2D eigenvalue weighted by Gasteiger charge is -2.46. The van der Waals surface area contributed by atoms with Gasteiger partial charge in [-0.25, -0.2) is 0 Å². The zero-order valence-corrected chi connectivity index (χ0v) is 12.6. The van der Waals surface area contributed by atoms with Crippen LogP contribution in [0.25, 0.3) is 0 Å². The van der Waals surface area contributed by atoms with Crippen molar-refractivity contribution < 1.29 is 0 Å². The predicted octanol–water partition coefficient (Wildman–Crippen LogP) is 3.55. The van der Waals surface area contributed by atoms with Crippen LogP contribution in [0.5, 0.6) is 0 Å². The third kappa shape index (κ3) is 3.00. The molecule has 2 aliphatic carbocycles. The quantitative estimate of drug-likeness (QED) is 0.841. The molecule has 19 heavy (non-hydrogen) atoms. The fourth-order valence-electron chi connectivity index (χ4n) is 4.68. The summed E-state index contributed by atoms with van der Waals surface area (Å²) in [5, 5.41) is 0. The lowest BCUT2D eigenvalue weighted by Crippen LogP contribution is -2.44. The zero-order valence-electron chi connectivity index (χ0n) is 12.6. The van der Waals surface area contributed by atoms with E-state index in [1.165, 1.54) is 90.3 Å². The topological polar surface area (TPSA) is 29.3 Å². The average molecular weight is 264 g/mol. The van der Waals surface area contributed by atoms with Crippen LogP contribution in [0.3, 0.4) is 0 Å². The fraction of sp³-hybridized carbons (Fsp3) is 1.00. The molecule has 0 amide bonds. The molecule has 0 atom stereocenters. The van der Waals surface area contributed by atoms with Gasteiger partial charge >= 0.3 is 0 Å². The van der Waals surface area contributed by atoms with Crippen molar-refractivity contribution in [3.8, 4) is 0 Å². The summed E-state index contributed by atoms with van der Waals surface area (Å²) in [6.07, 6.45) is 16.0. The molecular weight excluding hydrogens is 232 g/mol. The fourth-order valence-corrected chi connectivity index (χ4v) is 4.68. The van der Waals surface area contributed by atoms with Gasteiger partial charge in [-0.2, -0.15) is 0 Å². The molecule has 1 spiro atoms. The summed E-state index contributed by atoms with van der Waals surface area (Å²) < 4.78 is 0. The van der Waals surface area contributed by atoms with E-state index in [2.05, 4.69) is 4.90 Å². The molecule has 2 nitrogen and oxygen atoms in total. The van der Waals surface area contributed by atoms with E-state index >= 15 is 0 Å². The SMILES string of the molecule is NCC1(CCN2CCC3(CCCCC3)CC2)CCC1. The number of hydrogen-bond donors (Lipinski definition) is 1. The second kappa shape index (κ2) is 5.73. The van der Waals surface area contributed by atoms with Crippen molar-refractivity contribution in [2.24, 2.45) is 16.6 Å². The molecule has 0 unspecified atom stereocenters. The van der Waals surface area contributed by atoms with Crippen molar-refractivity contribution in [1.82, 2.24) is 4.90 Å². The minimum atomic E-state index is 0.542. The molecule has 0 aromatic carbocycles. The number of hydrogen-bond acceptors (Lipinski definition) is 2. The van der Waals surface area contributed by atoms with Crippen LogP contribution in [0.15, 0.2) is 0 Å². The van der Waals surface area contributed by atoms with E-state index < -0.39 is 0 Å². The first-order chi connectivity index (χ1) is 9.26. The Kier molecular flexibility index (Phi) is 4.19. The smallest absolute Gasteiger partial charge is 0.00130 e. The molecule has 2 N–H and O–H groups in total. The Labute approximate surface area is 119 Å². The Morgan fingerprint density at radius 2 is 1.47 bits per heavy atom. The van der Waals surface area contributed by atoms with Crippen molar-refractivity contribution >= 4 is 0 Å². The third-order valence-electron chi connectivity index (χ3n) is 6.64. The van der Waals surface area contributed by atoms with E-state index in [1.807, 2.05) is 0 Å². The number of nitrogens with zero attached hydrogens (tertiary/aromatic N) is 1. The molecule has 1 heterocycles. The predicted molar refractivity (Wildman–Crippen MR) is 81.1 cm³/mol. The summed E-state index contributed by atoms with van der Waals surface area (Å²) in [6, 6.07) is 0. The summed E-state index contributed by atoms with van der Waals surface area (Å²) in [5.74, 6) is 0. The van der Waals surface area contributed by atoms with Gasteiger partial charge < -0.3 is 10.6 Å². The number of nitrogens with two attached hydrogens (primary N) is 1. The maximum absolute atomic E-state index is 5.98. The van der Waals surface area contributed by atoms with Crippen molar-refractivity contribution in [1.29, 1.82) is 0 Å². The van der Waals surface area contributed by atoms with Gasteiger partial charge in [0.2, 0.25) is 0 Å². The van der Waals surface area contributed by atoms with Crippen LogP contribution in [-0.4, -0.2) is 31.1 Å². The average Bonchev–Trinajstić information content (AvgIpc) is 2.41. The van der Waals surface area contributed by atoms with Crippen LogP contribution in [0.1, 0.15) is 70.6 Å². The molecule has 1 aliphatic heterocycles. The Hall–Kier alpha value is -0.0800. The first-order valence-corrected chi connectivity index (χ1v) is 8.69. The monoisotopic (exact) mass is 264 g/mol. The van der Waals surface area contributed by atoms with Crippen LogP contribution < -0.4 is 5.73 Å². The van der Waals surface area contributed by atoms with Crippen LogP contribution >= 0.6 is 0 Å². The third-order valence-corrected chi connectivity index (χ3v) is 6.64. The maximum Gasteiger partial charge on any atom is -0.00130 e. The summed E-state index contributed by atoms with van der Waals surface area (Å²) in [7, 11) is 0. The standard InChI is InChI=1S/C17H32N2/c18-15-17(7-4-8-17)11-14-19-12-9-16(10-13-19)5-2-1-3-6-16/h1-15,18H2. The first kappa shape index (κ1) is 13.9.